The topological polar surface area (TPSA) is 55.6 Å². The number of amides is 1. The van der Waals surface area contributed by atoms with Crippen LogP contribution >= 0.6 is 0 Å². The Morgan fingerprint density at radius 2 is 1.79 bits per heavy atom. The zero-order valence-corrected chi connectivity index (χ0v) is 16.6. The van der Waals surface area contributed by atoms with Crippen LogP contribution in [0.25, 0.3) is 0 Å². The molecule has 0 radical (unpaired) electrons. The molecule has 0 bridgehead atoms. The molecule has 160 valence electrons. The summed E-state index contributed by atoms with van der Waals surface area (Å²) in [5.74, 6) is -2.65. The van der Waals surface area contributed by atoms with Gasteiger partial charge in [0.25, 0.3) is 0 Å². The van der Waals surface area contributed by atoms with Crippen LogP contribution in [0.2, 0.25) is 0 Å². The summed E-state index contributed by atoms with van der Waals surface area (Å²) < 4.78 is 47.2. The van der Waals surface area contributed by atoms with Crippen molar-refractivity contribution in [1.29, 1.82) is 0 Å². The quantitative estimate of drug-likeness (QED) is 0.750. The van der Waals surface area contributed by atoms with Crippen LogP contribution in [-0.2, 0) is 9.53 Å². The summed E-state index contributed by atoms with van der Waals surface area (Å²) in [7, 11) is 0. The lowest BCUT2D eigenvalue weighted by Crippen LogP contribution is -2.57. The lowest BCUT2D eigenvalue weighted by atomic mass is 9.82. The molecule has 2 saturated carbocycles. The molecule has 3 fully saturated rings. The van der Waals surface area contributed by atoms with E-state index in [0.717, 1.165) is 38.3 Å². The maximum absolute atomic E-state index is 14.1. The van der Waals surface area contributed by atoms with Crippen molar-refractivity contribution in [3.05, 3.63) is 35.1 Å². The largest absolute Gasteiger partial charge is 0.376 e. The van der Waals surface area contributed by atoms with Crippen molar-refractivity contribution >= 4 is 5.91 Å². The van der Waals surface area contributed by atoms with E-state index in [-0.39, 0.29) is 41.5 Å². The van der Waals surface area contributed by atoms with Gasteiger partial charge in [-0.25, -0.2) is 13.2 Å². The lowest BCUT2D eigenvalue weighted by Gasteiger charge is -2.41. The Labute approximate surface area is 169 Å². The highest BCUT2D eigenvalue weighted by molar-refractivity contribution is 5.81. The third-order valence-corrected chi connectivity index (χ3v) is 6.68. The van der Waals surface area contributed by atoms with Gasteiger partial charge >= 0.3 is 0 Å². The average molecular weight is 410 g/mol. The van der Waals surface area contributed by atoms with Crippen LogP contribution in [0.15, 0.2) is 12.1 Å². The number of likely N-dealkylation sites (tertiary alicyclic amines) is 1. The highest BCUT2D eigenvalue weighted by atomic mass is 19.2. The van der Waals surface area contributed by atoms with Gasteiger partial charge < -0.3 is 15.4 Å². The molecule has 2 aliphatic carbocycles. The Morgan fingerprint density at radius 1 is 1.07 bits per heavy atom. The van der Waals surface area contributed by atoms with Crippen molar-refractivity contribution in [3.8, 4) is 0 Å². The third-order valence-electron chi connectivity index (χ3n) is 6.68. The van der Waals surface area contributed by atoms with Gasteiger partial charge in [-0.05, 0) is 68.9 Å². The zero-order valence-electron chi connectivity index (χ0n) is 16.6. The van der Waals surface area contributed by atoms with Crippen molar-refractivity contribution in [2.75, 3.05) is 13.2 Å². The zero-order chi connectivity index (χ0) is 20.5. The minimum atomic E-state index is -1.13. The Bertz CT molecular complexity index is 748. The van der Waals surface area contributed by atoms with E-state index in [0.29, 0.717) is 38.4 Å². The summed E-state index contributed by atoms with van der Waals surface area (Å²) in [6.45, 7) is 1.16. The summed E-state index contributed by atoms with van der Waals surface area (Å²) in [5, 5.41) is 0. The molecular formula is C22H29F3N2O2. The SMILES string of the molecule is NC1CCCN(C(=O)C2CC2)[C@H]1CO[C@H]1CC[C@@H](c2cc(F)cc(F)c2F)CC1. The van der Waals surface area contributed by atoms with Gasteiger partial charge in [0.1, 0.15) is 5.82 Å². The first-order chi connectivity index (χ1) is 13.9. The molecule has 0 spiro atoms. The van der Waals surface area contributed by atoms with Crippen LogP contribution in [0.3, 0.4) is 0 Å². The number of carbonyl (C=O) groups excluding carboxylic acids is 1. The molecule has 2 N–H and O–H groups in total. The van der Waals surface area contributed by atoms with Gasteiger partial charge in [-0.3, -0.25) is 4.79 Å². The van der Waals surface area contributed by atoms with Crippen LogP contribution in [-0.4, -0.2) is 42.1 Å². The number of hydrogen-bond acceptors (Lipinski definition) is 3. The van der Waals surface area contributed by atoms with Crippen LogP contribution < -0.4 is 5.73 Å². The smallest absolute Gasteiger partial charge is 0.226 e. The Morgan fingerprint density at radius 3 is 2.48 bits per heavy atom. The van der Waals surface area contributed by atoms with E-state index in [2.05, 4.69) is 0 Å². The van der Waals surface area contributed by atoms with E-state index in [9.17, 15) is 18.0 Å². The first-order valence-corrected chi connectivity index (χ1v) is 10.8. The molecule has 4 nitrogen and oxygen atoms in total. The number of nitrogens with zero attached hydrogens (tertiary/aromatic N) is 1. The van der Waals surface area contributed by atoms with E-state index in [4.69, 9.17) is 10.5 Å². The third kappa shape index (κ3) is 4.61. The molecule has 1 heterocycles. The summed E-state index contributed by atoms with van der Waals surface area (Å²) >= 11 is 0. The molecule has 4 rings (SSSR count). The lowest BCUT2D eigenvalue weighted by molar-refractivity contribution is -0.139. The molecule has 29 heavy (non-hydrogen) atoms. The van der Waals surface area contributed by atoms with E-state index in [1.54, 1.807) is 0 Å². The first-order valence-electron chi connectivity index (χ1n) is 10.8. The summed E-state index contributed by atoms with van der Waals surface area (Å²) in [6, 6.07) is 1.51. The first kappa shape index (κ1) is 20.7. The van der Waals surface area contributed by atoms with Crippen molar-refractivity contribution in [2.24, 2.45) is 11.7 Å². The van der Waals surface area contributed by atoms with Gasteiger partial charge in [0, 0.05) is 24.6 Å². The highest BCUT2D eigenvalue weighted by Gasteiger charge is 2.40. The second kappa shape index (κ2) is 8.64. The second-order valence-corrected chi connectivity index (χ2v) is 8.78. The molecule has 0 aromatic heterocycles. The number of hydrogen-bond donors (Lipinski definition) is 1. The highest BCUT2D eigenvalue weighted by Crippen LogP contribution is 2.37. The molecular weight excluding hydrogens is 381 g/mol. The Balaban J connectivity index is 1.32. The molecule has 1 aromatic rings. The molecule has 1 aliphatic heterocycles. The van der Waals surface area contributed by atoms with Gasteiger partial charge in [0.2, 0.25) is 5.91 Å². The number of halogens is 3. The molecule has 3 aliphatic rings. The van der Waals surface area contributed by atoms with Gasteiger partial charge in [-0.1, -0.05) is 0 Å². The molecule has 2 atom stereocenters. The molecule has 1 aromatic carbocycles. The standard InChI is InChI=1S/C22H29F3N2O2/c23-15-10-17(21(25)18(24)11-15)13-5-7-16(8-6-13)29-12-20-19(26)2-1-9-27(20)22(28)14-3-4-14/h10-11,13-14,16,19-20H,1-9,12,26H2/t13-,16+,19?,20-/m0/s1. The second-order valence-electron chi connectivity index (χ2n) is 8.78. The van der Waals surface area contributed by atoms with Crippen molar-refractivity contribution in [2.45, 2.75) is 75.5 Å². The minimum absolute atomic E-state index is 0.000258. The predicted octanol–water partition coefficient (Wildman–Crippen LogP) is 3.88. The van der Waals surface area contributed by atoms with Gasteiger partial charge in [0.05, 0.1) is 18.8 Å². The average Bonchev–Trinajstić information content (AvgIpc) is 3.55. The van der Waals surface area contributed by atoms with Gasteiger partial charge in [-0.15, -0.1) is 0 Å². The fraction of sp³-hybridized carbons (Fsp3) is 0.682. The maximum Gasteiger partial charge on any atom is 0.226 e. The van der Waals surface area contributed by atoms with Crippen LogP contribution in [0.1, 0.15) is 62.8 Å². The number of nitrogens with two attached hydrogens (primary N) is 1. The van der Waals surface area contributed by atoms with Crippen molar-refractivity contribution < 1.29 is 22.7 Å². The number of carbonyl (C=O) groups is 1. The molecule has 1 saturated heterocycles. The fourth-order valence-electron chi connectivity index (χ4n) is 4.79. The van der Waals surface area contributed by atoms with E-state index >= 15 is 0 Å². The Kier molecular flexibility index (Phi) is 6.16. The van der Waals surface area contributed by atoms with Gasteiger partial charge in [-0.2, -0.15) is 0 Å². The van der Waals surface area contributed by atoms with E-state index < -0.39 is 17.5 Å². The van der Waals surface area contributed by atoms with E-state index in [1.165, 1.54) is 0 Å². The Hall–Kier alpha value is -1.60. The molecule has 1 unspecified atom stereocenters. The van der Waals surface area contributed by atoms with Crippen LogP contribution in [0.5, 0.6) is 0 Å². The minimum Gasteiger partial charge on any atom is -0.376 e. The van der Waals surface area contributed by atoms with Crippen LogP contribution in [0.4, 0.5) is 13.2 Å². The monoisotopic (exact) mass is 410 g/mol. The van der Waals surface area contributed by atoms with Crippen LogP contribution in [0, 0.1) is 23.4 Å². The van der Waals surface area contributed by atoms with Crippen molar-refractivity contribution in [3.63, 3.8) is 0 Å². The predicted molar refractivity (Wildman–Crippen MR) is 103 cm³/mol. The number of benzene rings is 1. The summed E-state index contributed by atoms with van der Waals surface area (Å²) in [6.07, 6.45) is 6.38. The van der Waals surface area contributed by atoms with Crippen molar-refractivity contribution in [1.82, 2.24) is 4.90 Å². The fourth-order valence-corrected chi connectivity index (χ4v) is 4.79. The number of piperidine rings is 1. The summed E-state index contributed by atoms with van der Waals surface area (Å²) in [4.78, 5) is 14.5. The summed E-state index contributed by atoms with van der Waals surface area (Å²) in [5.41, 5.74) is 6.42. The van der Waals surface area contributed by atoms with E-state index in [1.807, 2.05) is 4.90 Å². The maximum atomic E-state index is 14.1. The molecule has 7 heteroatoms. The normalized spacial score (nSPS) is 30.4. The number of rotatable bonds is 5. The molecule has 1 amide bonds. The van der Waals surface area contributed by atoms with Gasteiger partial charge in [0.15, 0.2) is 11.6 Å². The number of ether oxygens (including phenoxy) is 1.